The summed E-state index contributed by atoms with van der Waals surface area (Å²) in [7, 11) is 1.27. The van der Waals surface area contributed by atoms with Crippen LogP contribution in [0.4, 0.5) is 0 Å². The number of oxazole rings is 1. The van der Waals surface area contributed by atoms with Gasteiger partial charge in [-0.2, -0.15) is 0 Å². The highest BCUT2D eigenvalue weighted by molar-refractivity contribution is 5.95. The average molecular weight is 379 g/mol. The zero-order valence-electron chi connectivity index (χ0n) is 15.4. The standard InChI is InChI=1S/C21H21N3O4/c1-27-21(26)18(15-10-6-3-7-11-15)24-19(25)17-13-28-20(23-17)16(22)12-14-8-4-2-5-9-14/h2-11,13,16,18H,12,22H2,1H3,(H,24,25). The SMILES string of the molecule is COC(=O)C(NC(=O)c1coc(C(N)Cc2ccccc2)n1)c1ccccc1. The van der Waals surface area contributed by atoms with Gasteiger partial charge in [-0.15, -0.1) is 0 Å². The normalized spacial score (nSPS) is 12.8. The minimum absolute atomic E-state index is 0.0448. The lowest BCUT2D eigenvalue weighted by atomic mass is 10.1. The van der Waals surface area contributed by atoms with Gasteiger partial charge in [-0.3, -0.25) is 4.79 Å². The van der Waals surface area contributed by atoms with Crippen molar-refractivity contribution in [3.05, 3.63) is 89.6 Å². The molecule has 7 heteroatoms. The number of carbonyl (C=O) groups excluding carboxylic acids is 2. The summed E-state index contributed by atoms with van der Waals surface area (Å²) in [5.74, 6) is -0.881. The van der Waals surface area contributed by atoms with Crippen LogP contribution in [0, 0.1) is 0 Å². The first-order valence-electron chi connectivity index (χ1n) is 8.77. The highest BCUT2D eigenvalue weighted by Gasteiger charge is 2.26. The molecule has 0 saturated carbocycles. The molecule has 2 aromatic carbocycles. The first-order chi connectivity index (χ1) is 13.6. The number of benzene rings is 2. The molecule has 3 N–H and O–H groups in total. The number of nitrogens with zero attached hydrogens (tertiary/aromatic N) is 1. The number of rotatable bonds is 7. The van der Waals surface area contributed by atoms with E-state index in [1.165, 1.54) is 13.4 Å². The fourth-order valence-electron chi connectivity index (χ4n) is 2.76. The van der Waals surface area contributed by atoms with E-state index in [4.69, 9.17) is 14.9 Å². The fourth-order valence-corrected chi connectivity index (χ4v) is 2.76. The number of carbonyl (C=O) groups is 2. The molecular weight excluding hydrogens is 358 g/mol. The molecule has 3 rings (SSSR count). The van der Waals surface area contributed by atoms with Crippen LogP contribution in [0.25, 0.3) is 0 Å². The van der Waals surface area contributed by atoms with E-state index in [0.717, 1.165) is 5.56 Å². The Morgan fingerprint density at radius 1 is 1.11 bits per heavy atom. The maximum atomic E-state index is 12.6. The lowest BCUT2D eigenvalue weighted by molar-refractivity contribution is -0.143. The molecule has 1 amide bonds. The van der Waals surface area contributed by atoms with Crippen LogP contribution < -0.4 is 11.1 Å². The van der Waals surface area contributed by atoms with E-state index in [1.807, 2.05) is 36.4 Å². The number of hydrogen-bond acceptors (Lipinski definition) is 6. The third-order valence-electron chi connectivity index (χ3n) is 4.22. The second kappa shape index (κ2) is 8.96. The molecule has 0 aliphatic rings. The lowest BCUT2D eigenvalue weighted by Gasteiger charge is -2.16. The molecule has 0 aliphatic carbocycles. The van der Waals surface area contributed by atoms with Crippen molar-refractivity contribution in [2.45, 2.75) is 18.5 Å². The third kappa shape index (κ3) is 4.63. The minimum atomic E-state index is -0.947. The van der Waals surface area contributed by atoms with Crippen LogP contribution in [0.15, 0.2) is 71.3 Å². The zero-order valence-corrected chi connectivity index (χ0v) is 15.4. The highest BCUT2D eigenvalue weighted by atomic mass is 16.5. The minimum Gasteiger partial charge on any atom is -0.467 e. The van der Waals surface area contributed by atoms with Crippen molar-refractivity contribution in [3.8, 4) is 0 Å². The largest absolute Gasteiger partial charge is 0.467 e. The summed E-state index contributed by atoms with van der Waals surface area (Å²) < 4.78 is 10.2. The third-order valence-corrected chi connectivity index (χ3v) is 4.22. The van der Waals surface area contributed by atoms with Crippen LogP contribution in [0.3, 0.4) is 0 Å². The summed E-state index contributed by atoms with van der Waals surface area (Å²) >= 11 is 0. The number of methoxy groups -OCH3 is 1. The van der Waals surface area contributed by atoms with Crippen molar-refractivity contribution < 1.29 is 18.7 Å². The molecule has 2 unspecified atom stereocenters. The molecule has 0 spiro atoms. The van der Waals surface area contributed by atoms with Gasteiger partial charge in [0, 0.05) is 0 Å². The van der Waals surface area contributed by atoms with E-state index in [9.17, 15) is 9.59 Å². The first kappa shape index (κ1) is 19.3. The van der Waals surface area contributed by atoms with Gasteiger partial charge in [-0.25, -0.2) is 9.78 Å². The van der Waals surface area contributed by atoms with Crippen molar-refractivity contribution in [1.82, 2.24) is 10.3 Å². The van der Waals surface area contributed by atoms with Gasteiger partial charge in [0.05, 0.1) is 13.2 Å². The van der Waals surface area contributed by atoms with Crippen molar-refractivity contribution in [2.75, 3.05) is 7.11 Å². The van der Waals surface area contributed by atoms with Crippen molar-refractivity contribution in [1.29, 1.82) is 0 Å². The van der Waals surface area contributed by atoms with Crippen molar-refractivity contribution in [2.24, 2.45) is 5.73 Å². The topological polar surface area (TPSA) is 107 Å². The predicted octanol–water partition coefficient (Wildman–Crippen LogP) is 2.56. The predicted molar refractivity (Wildman–Crippen MR) is 102 cm³/mol. The molecule has 3 aromatic rings. The summed E-state index contributed by atoms with van der Waals surface area (Å²) in [6.45, 7) is 0. The van der Waals surface area contributed by atoms with E-state index in [0.29, 0.717) is 12.0 Å². The maximum absolute atomic E-state index is 12.6. The molecule has 1 aromatic heterocycles. The number of esters is 1. The van der Waals surface area contributed by atoms with Crippen LogP contribution in [-0.4, -0.2) is 24.0 Å². The lowest BCUT2D eigenvalue weighted by Crippen LogP contribution is -2.34. The Balaban J connectivity index is 1.71. The van der Waals surface area contributed by atoms with Gasteiger partial charge in [0.15, 0.2) is 11.7 Å². The van der Waals surface area contributed by atoms with Crippen LogP contribution in [0.5, 0.6) is 0 Å². The number of nitrogens with one attached hydrogen (secondary N) is 1. The van der Waals surface area contributed by atoms with Gasteiger partial charge in [0.1, 0.15) is 6.26 Å². The average Bonchev–Trinajstić information content (AvgIpc) is 3.23. The summed E-state index contributed by atoms with van der Waals surface area (Å²) in [6, 6.07) is 17.1. The number of ether oxygens (including phenoxy) is 1. The van der Waals surface area contributed by atoms with E-state index in [2.05, 4.69) is 10.3 Å². The fraction of sp³-hybridized carbons (Fsp3) is 0.190. The zero-order chi connectivity index (χ0) is 19.9. The Morgan fingerprint density at radius 2 is 1.75 bits per heavy atom. The quantitative estimate of drug-likeness (QED) is 0.611. The summed E-state index contributed by atoms with van der Waals surface area (Å²) in [6.07, 6.45) is 1.76. The Hall–Kier alpha value is -3.45. The highest BCUT2D eigenvalue weighted by Crippen LogP contribution is 2.18. The summed E-state index contributed by atoms with van der Waals surface area (Å²) in [5, 5.41) is 2.63. The van der Waals surface area contributed by atoms with Crippen molar-refractivity contribution >= 4 is 11.9 Å². The molecule has 0 saturated heterocycles. The summed E-state index contributed by atoms with van der Waals surface area (Å²) in [4.78, 5) is 28.8. The second-order valence-electron chi connectivity index (χ2n) is 6.21. The molecular formula is C21H21N3O4. The van der Waals surface area contributed by atoms with Gasteiger partial charge in [0.25, 0.3) is 5.91 Å². The van der Waals surface area contributed by atoms with Gasteiger partial charge >= 0.3 is 5.97 Å². The number of amides is 1. The Morgan fingerprint density at radius 3 is 2.39 bits per heavy atom. The maximum Gasteiger partial charge on any atom is 0.333 e. The molecule has 7 nitrogen and oxygen atoms in total. The van der Waals surface area contributed by atoms with Crippen LogP contribution in [0.2, 0.25) is 0 Å². The molecule has 0 aliphatic heterocycles. The number of nitrogens with two attached hydrogens (primary N) is 1. The first-order valence-corrected chi connectivity index (χ1v) is 8.77. The molecule has 0 radical (unpaired) electrons. The Labute approximate surface area is 162 Å². The monoisotopic (exact) mass is 379 g/mol. The summed E-state index contributed by atoms with van der Waals surface area (Å²) in [5.41, 5.74) is 7.83. The van der Waals surface area contributed by atoms with E-state index < -0.39 is 24.0 Å². The Kier molecular flexibility index (Phi) is 6.18. The molecule has 0 fully saturated rings. The van der Waals surface area contributed by atoms with Gasteiger partial charge in [0.2, 0.25) is 5.89 Å². The molecule has 2 atom stereocenters. The Bertz CT molecular complexity index is 925. The van der Waals surface area contributed by atoms with Crippen molar-refractivity contribution in [3.63, 3.8) is 0 Å². The van der Waals surface area contributed by atoms with Gasteiger partial charge in [-0.05, 0) is 17.5 Å². The van der Waals surface area contributed by atoms with Crippen LogP contribution >= 0.6 is 0 Å². The second-order valence-corrected chi connectivity index (χ2v) is 6.21. The number of hydrogen-bond donors (Lipinski definition) is 2. The smallest absolute Gasteiger partial charge is 0.333 e. The van der Waals surface area contributed by atoms with E-state index in [-0.39, 0.29) is 11.6 Å². The van der Waals surface area contributed by atoms with E-state index >= 15 is 0 Å². The molecule has 0 bridgehead atoms. The van der Waals surface area contributed by atoms with E-state index in [1.54, 1.807) is 24.3 Å². The van der Waals surface area contributed by atoms with Crippen LogP contribution in [-0.2, 0) is 16.0 Å². The molecule has 28 heavy (non-hydrogen) atoms. The molecule has 1 heterocycles. The van der Waals surface area contributed by atoms with Crippen LogP contribution in [0.1, 0.15) is 39.6 Å². The van der Waals surface area contributed by atoms with Gasteiger partial charge in [-0.1, -0.05) is 60.7 Å². The molecule has 144 valence electrons. The number of aromatic nitrogens is 1. The van der Waals surface area contributed by atoms with Gasteiger partial charge < -0.3 is 20.2 Å².